The van der Waals surface area contributed by atoms with Gasteiger partial charge in [0.25, 0.3) is 0 Å². The third kappa shape index (κ3) is 11.0. The molecule has 1 unspecified atom stereocenters. The van der Waals surface area contributed by atoms with Crippen LogP contribution in [0, 0.1) is 0 Å². The summed E-state index contributed by atoms with van der Waals surface area (Å²) in [4.78, 5) is 0. The summed E-state index contributed by atoms with van der Waals surface area (Å²) in [5.41, 5.74) is 0. The van der Waals surface area contributed by atoms with Gasteiger partial charge in [0.1, 0.15) is 0 Å². The Kier molecular flexibility index (Phi) is 10.0. The van der Waals surface area contributed by atoms with Crippen molar-refractivity contribution in [3.63, 3.8) is 0 Å². The molecule has 0 aromatic rings. The van der Waals surface area contributed by atoms with Gasteiger partial charge in [0, 0.05) is 0 Å². The molecule has 68 valence electrons. The second-order valence-corrected chi connectivity index (χ2v) is 10.5. The van der Waals surface area contributed by atoms with E-state index >= 15 is 0 Å². The molecule has 0 aliphatic carbocycles. The van der Waals surface area contributed by atoms with Crippen LogP contribution in [-0.4, -0.2) is 22.5 Å². The zero-order valence-electron chi connectivity index (χ0n) is 7.35. The van der Waals surface area contributed by atoms with Crippen molar-refractivity contribution in [2.45, 2.75) is 49.9 Å². The van der Waals surface area contributed by atoms with Crippen molar-refractivity contribution in [2.75, 3.05) is 0 Å². The summed E-state index contributed by atoms with van der Waals surface area (Å²) in [6.07, 6.45) is 7.75. The molecule has 0 aliphatic heterocycles. The Hall–Kier alpha value is 1.05. The third-order valence-electron chi connectivity index (χ3n) is 1.80. The van der Waals surface area contributed by atoms with E-state index in [4.69, 9.17) is 12.4 Å². The number of hydrogen-bond acceptors (Lipinski definition) is 1. The molecule has 0 saturated carbocycles. The molecule has 0 amide bonds. The summed E-state index contributed by atoms with van der Waals surface area (Å²) in [6.45, 7) is 2.22. The molecule has 0 fully saturated rings. The van der Waals surface area contributed by atoms with Crippen LogP contribution in [0.5, 0.6) is 0 Å². The van der Waals surface area contributed by atoms with Crippen molar-refractivity contribution in [1.82, 2.24) is 0 Å². The van der Waals surface area contributed by atoms with Crippen LogP contribution in [0.15, 0.2) is 0 Å². The van der Waals surface area contributed by atoms with Crippen molar-refractivity contribution in [3.05, 3.63) is 0 Å². The SMILES string of the molecule is CCCCCCC[CH2][SnH]([OH])[Cl]. The Balaban J connectivity index is 2.80. The average Bonchev–Trinajstić information content (AvgIpc) is 1.96. The molecule has 0 aliphatic rings. The average molecular weight is 285 g/mol. The first kappa shape index (κ1) is 12.0. The molecule has 0 radical (unpaired) electrons. The topological polar surface area (TPSA) is 20.2 Å². The molecule has 1 N–H and O–H groups in total. The van der Waals surface area contributed by atoms with Crippen LogP contribution < -0.4 is 0 Å². The Labute approximate surface area is 81.1 Å². The van der Waals surface area contributed by atoms with Crippen LogP contribution in [-0.2, 0) is 0 Å². The van der Waals surface area contributed by atoms with Gasteiger partial charge >= 0.3 is 81.3 Å². The van der Waals surface area contributed by atoms with Crippen molar-refractivity contribution in [1.29, 1.82) is 0 Å². The number of unbranched alkanes of at least 4 members (excludes halogenated alkanes) is 5. The van der Waals surface area contributed by atoms with Gasteiger partial charge in [0.05, 0.1) is 0 Å². The molecular formula is C8H19ClOSn. The molecule has 1 nitrogen and oxygen atoms in total. The molecule has 0 spiro atoms. The maximum absolute atomic E-state index is 8.93. The summed E-state index contributed by atoms with van der Waals surface area (Å²) in [5, 5.41) is 0. The van der Waals surface area contributed by atoms with E-state index in [1.54, 1.807) is 0 Å². The van der Waals surface area contributed by atoms with Crippen molar-refractivity contribution in [2.24, 2.45) is 0 Å². The Morgan fingerprint density at radius 3 is 2.18 bits per heavy atom. The van der Waals surface area contributed by atoms with Gasteiger partial charge in [-0.15, -0.1) is 0 Å². The van der Waals surface area contributed by atoms with Crippen LogP contribution in [0.2, 0.25) is 4.44 Å². The summed E-state index contributed by atoms with van der Waals surface area (Å²) >= 11 is -2.34. The number of rotatable bonds is 7. The molecule has 0 bridgehead atoms. The Morgan fingerprint density at radius 1 is 1.09 bits per heavy atom. The number of halogens is 1. The molecule has 0 saturated heterocycles. The van der Waals surface area contributed by atoms with Gasteiger partial charge in [-0.25, -0.2) is 0 Å². The second kappa shape index (κ2) is 9.14. The van der Waals surface area contributed by atoms with E-state index in [9.17, 15) is 0 Å². The molecule has 0 aromatic carbocycles. The molecule has 0 aromatic heterocycles. The maximum atomic E-state index is 8.93. The number of hydrogen-bond donors (Lipinski definition) is 1. The first-order chi connectivity index (χ1) is 5.27. The van der Waals surface area contributed by atoms with E-state index in [0.29, 0.717) is 0 Å². The first-order valence-electron chi connectivity index (χ1n) is 4.59. The fourth-order valence-corrected chi connectivity index (χ4v) is 3.91. The minimum atomic E-state index is -2.34. The van der Waals surface area contributed by atoms with Crippen LogP contribution in [0.3, 0.4) is 0 Å². The van der Waals surface area contributed by atoms with E-state index in [1.165, 1.54) is 32.1 Å². The van der Waals surface area contributed by atoms with E-state index < -0.39 is 19.0 Å². The van der Waals surface area contributed by atoms with E-state index in [0.717, 1.165) is 10.9 Å². The Bertz CT molecular complexity index is 78.5. The Morgan fingerprint density at radius 2 is 1.64 bits per heavy atom. The molecule has 0 heterocycles. The van der Waals surface area contributed by atoms with Gasteiger partial charge in [-0.05, 0) is 0 Å². The van der Waals surface area contributed by atoms with Crippen molar-refractivity contribution >= 4 is 28.0 Å². The standard InChI is InChI=1S/C8H17.ClH.H2O.Sn.H/c1-3-5-7-8-6-4-2;;;;/h1,3-8H2,2H3;1H;1H2;;/q;;;+2;/p-2. The predicted octanol–water partition coefficient (Wildman–Crippen LogP) is 2.80. The summed E-state index contributed by atoms with van der Waals surface area (Å²) < 4.78 is 9.88. The molecule has 3 heteroatoms. The predicted molar refractivity (Wildman–Crippen MR) is 53.4 cm³/mol. The van der Waals surface area contributed by atoms with Crippen LogP contribution >= 0.6 is 8.92 Å². The van der Waals surface area contributed by atoms with Crippen LogP contribution in [0.4, 0.5) is 0 Å². The zero-order valence-corrected chi connectivity index (χ0v) is 11.4. The normalized spacial score (nSPS) is 13.4. The van der Waals surface area contributed by atoms with E-state index in [2.05, 4.69) is 6.92 Å². The molecular weight excluding hydrogens is 266 g/mol. The van der Waals surface area contributed by atoms with Gasteiger partial charge < -0.3 is 0 Å². The van der Waals surface area contributed by atoms with Crippen LogP contribution in [0.25, 0.3) is 0 Å². The third-order valence-corrected chi connectivity index (χ3v) is 5.78. The zero-order chi connectivity index (χ0) is 8.53. The molecule has 0 rings (SSSR count). The van der Waals surface area contributed by atoms with Crippen molar-refractivity contribution in [3.8, 4) is 0 Å². The second-order valence-electron chi connectivity index (χ2n) is 2.99. The van der Waals surface area contributed by atoms with Gasteiger partial charge in [0.2, 0.25) is 0 Å². The quantitative estimate of drug-likeness (QED) is 0.563. The van der Waals surface area contributed by atoms with E-state index in [-0.39, 0.29) is 0 Å². The summed E-state index contributed by atoms with van der Waals surface area (Å²) in [5.74, 6) is 0. The van der Waals surface area contributed by atoms with Gasteiger partial charge in [-0.2, -0.15) is 0 Å². The van der Waals surface area contributed by atoms with Gasteiger partial charge in [0.15, 0.2) is 0 Å². The monoisotopic (exact) mass is 286 g/mol. The van der Waals surface area contributed by atoms with E-state index in [1.807, 2.05) is 0 Å². The minimum absolute atomic E-state index is 0.954. The summed E-state index contributed by atoms with van der Waals surface area (Å²) in [6, 6.07) is 0. The fourth-order valence-electron chi connectivity index (χ4n) is 1.09. The first-order valence-corrected chi connectivity index (χ1v) is 12.6. The van der Waals surface area contributed by atoms with Crippen molar-refractivity contribution < 1.29 is 3.44 Å². The van der Waals surface area contributed by atoms with Gasteiger partial charge in [-0.1, -0.05) is 0 Å². The summed E-state index contributed by atoms with van der Waals surface area (Å²) in [7, 11) is 5.58. The molecule has 11 heavy (non-hydrogen) atoms. The fraction of sp³-hybridized carbons (Fsp3) is 1.00. The van der Waals surface area contributed by atoms with Crippen LogP contribution in [0.1, 0.15) is 45.4 Å². The molecule has 1 atom stereocenters. The van der Waals surface area contributed by atoms with Gasteiger partial charge in [-0.3, -0.25) is 0 Å².